The second-order valence-corrected chi connectivity index (χ2v) is 6.87. The van der Waals surface area contributed by atoms with Crippen molar-refractivity contribution in [3.63, 3.8) is 0 Å². The van der Waals surface area contributed by atoms with E-state index < -0.39 is 0 Å². The van der Waals surface area contributed by atoms with Crippen LogP contribution in [0.25, 0.3) is 5.65 Å². The third-order valence-electron chi connectivity index (χ3n) is 3.96. The van der Waals surface area contributed by atoms with Crippen LogP contribution in [0.15, 0.2) is 48.8 Å². The number of pyridine rings is 1. The molecule has 0 radical (unpaired) electrons. The molecule has 3 rings (SSSR count). The van der Waals surface area contributed by atoms with Crippen molar-refractivity contribution in [2.24, 2.45) is 0 Å². The average Bonchev–Trinajstić information content (AvgIpc) is 2.96. The fourth-order valence-corrected chi connectivity index (χ4v) is 2.53. The third kappa shape index (κ3) is 3.25. The molecule has 5 nitrogen and oxygen atoms in total. The number of carbonyl (C=O) groups is 1. The Bertz CT molecular complexity index is 874. The van der Waals surface area contributed by atoms with Gasteiger partial charge in [0.2, 0.25) is 0 Å². The van der Waals surface area contributed by atoms with Crippen LogP contribution in [0.2, 0.25) is 0 Å². The molecule has 1 aromatic carbocycles. The summed E-state index contributed by atoms with van der Waals surface area (Å²) in [5.74, 6) is -0.0235. The molecule has 0 spiro atoms. The summed E-state index contributed by atoms with van der Waals surface area (Å²) in [6.07, 6.45) is 3.59. The lowest BCUT2D eigenvalue weighted by atomic mass is 9.87. The van der Waals surface area contributed by atoms with E-state index in [9.17, 15) is 9.90 Å². The summed E-state index contributed by atoms with van der Waals surface area (Å²) >= 11 is 0. The van der Waals surface area contributed by atoms with Crippen molar-refractivity contribution in [3.05, 3.63) is 65.6 Å². The number of amides is 1. The summed E-state index contributed by atoms with van der Waals surface area (Å²) in [5.41, 5.74) is 3.05. The van der Waals surface area contributed by atoms with E-state index in [0.717, 1.165) is 0 Å². The Balaban J connectivity index is 1.69. The van der Waals surface area contributed by atoms with E-state index >= 15 is 0 Å². The number of imidazole rings is 1. The number of aromatic nitrogens is 2. The van der Waals surface area contributed by atoms with Crippen LogP contribution in [-0.2, 0) is 12.0 Å². The molecule has 0 bridgehead atoms. The lowest BCUT2D eigenvalue weighted by Gasteiger charge is -2.19. The first-order chi connectivity index (χ1) is 11.3. The molecule has 0 saturated heterocycles. The van der Waals surface area contributed by atoms with Gasteiger partial charge in [0.05, 0.1) is 12.2 Å². The number of hydrogen-bond acceptors (Lipinski definition) is 3. The van der Waals surface area contributed by atoms with Gasteiger partial charge in [-0.2, -0.15) is 0 Å². The van der Waals surface area contributed by atoms with Crippen LogP contribution in [0.1, 0.15) is 42.4 Å². The predicted octanol–water partition coefficient (Wildman–Crippen LogP) is 3.27. The SMILES string of the molecule is CC(C)(C)c1ccc(C(=O)NCc2cn3cccc(O)c3n2)cc1. The normalized spacial score (nSPS) is 11.6. The number of nitrogens with zero attached hydrogens (tertiary/aromatic N) is 2. The van der Waals surface area contributed by atoms with Crippen molar-refractivity contribution >= 4 is 11.6 Å². The fourth-order valence-electron chi connectivity index (χ4n) is 2.53. The first kappa shape index (κ1) is 16.1. The number of hydrogen-bond donors (Lipinski definition) is 2. The zero-order chi connectivity index (χ0) is 17.3. The Kier molecular flexibility index (Phi) is 4.01. The zero-order valence-corrected chi connectivity index (χ0v) is 14.1. The molecule has 3 aromatic rings. The van der Waals surface area contributed by atoms with E-state index in [0.29, 0.717) is 23.4 Å². The first-order valence-corrected chi connectivity index (χ1v) is 7.89. The van der Waals surface area contributed by atoms with Gasteiger partial charge in [0.15, 0.2) is 11.4 Å². The summed E-state index contributed by atoms with van der Waals surface area (Å²) in [5, 5.41) is 12.6. The van der Waals surface area contributed by atoms with Gasteiger partial charge in [0.1, 0.15) is 0 Å². The average molecular weight is 323 g/mol. The molecule has 2 aromatic heterocycles. The maximum absolute atomic E-state index is 12.3. The van der Waals surface area contributed by atoms with E-state index in [2.05, 4.69) is 31.1 Å². The van der Waals surface area contributed by atoms with Gasteiger partial charge in [0.25, 0.3) is 5.91 Å². The van der Waals surface area contributed by atoms with Crippen LogP contribution >= 0.6 is 0 Å². The maximum atomic E-state index is 12.3. The molecule has 0 aliphatic heterocycles. The Hall–Kier alpha value is -2.82. The number of nitrogens with one attached hydrogen (secondary N) is 1. The monoisotopic (exact) mass is 323 g/mol. The molecular weight excluding hydrogens is 302 g/mol. The summed E-state index contributed by atoms with van der Waals surface area (Å²) in [6.45, 7) is 6.73. The van der Waals surface area contributed by atoms with Crippen LogP contribution < -0.4 is 5.32 Å². The largest absolute Gasteiger partial charge is 0.504 e. The molecule has 124 valence electrons. The highest BCUT2D eigenvalue weighted by Crippen LogP contribution is 2.22. The molecule has 1 amide bonds. The number of aromatic hydroxyl groups is 1. The minimum Gasteiger partial charge on any atom is -0.504 e. The van der Waals surface area contributed by atoms with Crippen LogP contribution in [0.5, 0.6) is 5.75 Å². The molecule has 2 heterocycles. The standard InChI is InChI=1S/C19H21N3O2/c1-19(2,3)14-8-6-13(7-9-14)18(24)20-11-15-12-22-10-4-5-16(23)17(22)21-15/h4-10,12,23H,11H2,1-3H3,(H,20,24). The molecule has 0 atom stereocenters. The fraction of sp³-hybridized carbons (Fsp3) is 0.263. The summed E-state index contributed by atoms with van der Waals surface area (Å²) < 4.78 is 1.73. The van der Waals surface area contributed by atoms with Crippen molar-refractivity contribution in [1.29, 1.82) is 0 Å². The Morgan fingerprint density at radius 3 is 2.54 bits per heavy atom. The van der Waals surface area contributed by atoms with Crippen molar-refractivity contribution in [3.8, 4) is 5.75 Å². The lowest BCUT2D eigenvalue weighted by Crippen LogP contribution is -2.23. The number of rotatable bonds is 3. The number of benzene rings is 1. The van der Waals surface area contributed by atoms with Crippen LogP contribution in [0, 0.1) is 0 Å². The van der Waals surface area contributed by atoms with E-state index in [1.54, 1.807) is 28.9 Å². The second-order valence-electron chi connectivity index (χ2n) is 6.87. The van der Waals surface area contributed by atoms with Crippen molar-refractivity contribution in [2.75, 3.05) is 0 Å². The molecule has 0 saturated carbocycles. The first-order valence-electron chi connectivity index (χ1n) is 7.89. The van der Waals surface area contributed by atoms with Gasteiger partial charge < -0.3 is 14.8 Å². The minimum absolute atomic E-state index is 0.0630. The second kappa shape index (κ2) is 6.00. The van der Waals surface area contributed by atoms with E-state index in [-0.39, 0.29) is 17.1 Å². The summed E-state index contributed by atoms with van der Waals surface area (Å²) in [4.78, 5) is 16.6. The molecule has 0 fully saturated rings. The van der Waals surface area contributed by atoms with E-state index in [4.69, 9.17) is 0 Å². The van der Waals surface area contributed by atoms with Crippen LogP contribution in [0.4, 0.5) is 0 Å². The molecule has 5 heteroatoms. The third-order valence-corrected chi connectivity index (χ3v) is 3.96. The van der Waals surface area contributed by atoms with E-state index in [1.807, 2.05) is 24.3 Å². The highest BCUT2D eigenvalue weighted by molar-refractivity contribution is 5.94. The zero-order valence-electron chi connectivity index (χ0n) is 14.1. The lowest BCUT2D eigenvalue weighted by molar-refractivity contribution is 0.0950. The van der Waals surface area contributed by atoms with E-state index in [1.165, 1.54) is 5.56 Å². The molecule has 0 aliphatic rings. The molecular formula is C19H21N3O2. The molecule has 0 aliphatic carbocycles. The smallest absolute Gasteiger partial charge is 0.251 e. The minimum atomic E-state index is -0.142. The van der Waals surface area contributed by atoms with Crippen molar-refractivity contribution in [1.82, 2.24) is 14.7 Å². The van der Waals surface area contributed by atoms with Gasteiger partial charge in [-0.3, -0.25) is 4.79 Å². The summed E-state index contributed by atoms with van der Waals surface area (Å²) in [6, 6.07) is 11.0. The highest BCUT2D eigenvalue weighted by Gasteiger charge is 2.14. The van der Waals surface area contributed by atoms with Gasteiger partial charge in [-0.1, -0.05) is 32.9 Å². The maximum Gasteiger partial charge on any atom is 0.251 e. The highest BCUT2D eigenvalue weighted by atomic mass is 16.3. The Labute approximate surface area is 141 Å². The molecule has 0 unspecified atom stereocenters. The van der Waals surface area contributed by atoms with Gasteiger partial charge in [-0.15, -0.1) is 0 Å². The van der Waals surface area contributed by atoms with Crippen molar-refractivity contribution in [2.45, 2.75) is 32.7 Å². The van der Waals surface area contributed by atoms with Gasteiger partial charge in [-0.25, -0.2) is 4.98 Å². The number of carbonyl (C=O) groups excluding carboxylic acids is 1. The van der Waals surface area contributed by atoms with Crippen molar-refractivity contribution < 1.29 is 9.90 Å². The van der Waals surface area contributed by atoms with Gasteiger partial charge in [0, 0.05) is 18.0 Å². The number of fused-ring (bicyclic) bond motifs is 1. The molecule has 2 N–H and O–H groups in total. The predicted molar refractivity (Wildman–Crippen MR) is 93.2 cm³/mol. The van der Waals surface area contributed by atoms with Crippen LogP contribution in [0.3, 0.4) is 0 Å². The van der Waals surface area contributed by atoms with Gasteiger partial charge in [-0.05, 0) is 35.2 Å². The Morgan fingerprint density at radius 1 is 1.21 bits per heavy atom. The molecule has 24 heavy (non-hydrogen) atoms. The summed E-state index contributed by atoms with van der Waals surface area (Å²) in [7, 11) is 0. The topological polar surface area (TPSA) is 66.6 Å². The van der Waals surface area contributed by atoms with Gasteiger partial charge >= 0.3 is 0 Å². The quantitative estimate of drug-likeness (QED) is 0.777. The Morgan fingerprint density at radius 2 is 1.92 bits per heavy atom. The van der Waals surface area contributed by atoms with Crippen LogP contribution in [-0.4, -0.2) is 20.4 Å².